The van der Waals surface area contributed by atoms with Crippen molar-refractivity contribution in [2.45, 2.75) is 12.3 Å². The van der Waals surface area contributed by atoms with Crippen molar-refractivity contribution in [2.24, 2.45) is 0 Å². The highest BCUT2D eigenvalue weighted by molar-refractivity contribution is 9.10. The smallest absolute Gasteiger partial charge is 0.297 e. The van der Waals surface area contributed by atoms with Gasteiger partial charge in [0.2, 0.25) is 0 Å². The fourth-order valence-corrected chi connectivity index (χ4v) is 1.41. The van der Waals surface area contributed by atoms with Gasteiger partial charge in [-0.15, -0.1) is 0 Å². The van der Waals surface area contributed by atoms with Crippen LogP contribution in [0.4, 0.5) is 8.78 Å². The third-order valence-electron chi connectivity index (χ3n) is 1.50. The van der Waals surface area contributed by atoms with Crippen molar-refractivity contribution in [3.8, 4) is 0 Å². The summed E-state index contributed by atoms with van der Waals surface area (Å²) in [5.41, 5.74) is 0.437. The van der Waals surface area contributed by atoms with Crippen molar-refractivity contribution in [3.63, 3.8) is 0 Å². The fourth-order valence-electron chi connectivity index (χ4n) is 0.961. The van der Waals surface area contributed by atoms with E-state index in [9.17, 15) is 13.6 Å². The molecule has 0 heterocycles. The highest BCUT2D eigenvalue weighted by Crippen LogP contribution is 2.19. The second-order valence-electron chi connectivity index (χ2n) is 2.69. The van der Waals surface area contributed by atoms with Gasteiger partial charge in [0.15, 0.2) is 6.29 Å². The lowest BCUT2D eigenvalue weighted by Gasteiger charge is -2.08. The molecule has 70 valence electrons. The maximum atomic E-state index is 12.6. The third-order valence-corrected chi connectivity index (χ3v) is 1.99. The summed E-state index contributed by atoms with van der Waals surface area (Å²) in [6, 6.07) is 6.52. The highest BCUT2D eigenvalue weighted by Gasteiger charge is 2.28. The first-order valence-electron chi connectivity index (χ1n) is 3.62. The molecule has 0 spiro atoms. The number of carbonyl (C=O) groups is 1. The van der Waals surface area contributed by atoms with E-state index in [1.165, 1.54) is 0 Å². The Morgan fingerprint density at radius 2 is 2.15 bits per heavy atom. The number of aldehydes is 1. The predicted molar refractivity (Wildman–Crippen MR) is 48.9 cm³/mol. The zero-order valence-electron chi connectivity index (χ0n) is 6.64. The Labute approximate surface area is 82.9 Å². The molecule has 13 heavy (non-hydrogen) atoms. The molecule has 1 aromatic carbocycles. The largest absolute Gasteiger partial charge is 0.306 e. The van der Waals surface area contributed by atoms with Crippen molar-refractivity contribution in [1.82, 2.24) is 0 Å². The van der Waals surface area contributed by atoms with Crippen LogP contribution >= 0.6 is 15.9 Å². The minimum atomic E-state index is -3.26. The Balaban J connectivity index is 2.80. The minimum Gasteiger partial charge on any atom is -0.297 e. The number of halogens is 3. The summed E-state index contributed by atoms with van der Waals surface area (Å²) >= 11 is 3.16. The first-order chi connectivity index (χ1) is 6.03. The van der Waals surface area contributed by atoms with E-state index in [0.29, 0.717) is 5.56 Å². The van der Waals surface area contributed by atoms with E-state index in [0.717, 1.165) is 4.47 Å². The average molecular weight is 249 g/mol. The molecule has 0 aliphatic carbocycles. The van der Waals surface area contributed by atoms with Gasteiger partial charge in [-0.25, -0.2) is 0 Å². The van der Waals surface area contributed by atoms with Gasteiger partial charge in [0.05, 0.1) is 0 Å². The van der Waals surface area contributed by atoms with Crippen LogP contribution in [0, 0.1) is 0 Å². The first kappa shape index (κ1) is 10.3. The number of hydrogen-bond acceptors (Lipinski definition) is 1. The SMILES string of the molecule is O=CC(F)(F)Cc1cccc(Br)c1. The standard InChI is InChI=1S/C9H7BrF2O/c10-8-3-1-2-7(4-8)5-9(11,12)6-13/h1-4,6H,5H2. The van der Waals surface area contributed by atoms with Gasteiger partial charge in [0.25, 0.3) is 0 Å². The molecule has 0 fully saturated rings. The summed E-state index contributed by atoms with van der Waals surface area (Å²) in [6.07, 6.45) is -0.871. The van der Waals surface area contributed by atoms with Gasteiger partial charge in [0, 0.05) is 10.9 Å². The van der Waals surface area contributed by atoms with Crippen LogP contribution in [0.25, 0.3) is 0 Å². The van der Waals surface area contributed by atoms with E-state index in [2.05, 4.69) is 15.9 Å². The molecular weight excluding hydrogens is 242 g/mol. The van der Waals surface area contributed by atoms with E-state index in [4.69, 9.17) is 0 Å². The summed E-state index contributed by atoms with van der Waals surface area (Å²) in [7, 11) is 0. The Kier molecular flexibility index (Phi) is 3.14. The molecule has 1 nitrogen and oxygen atoms in total. The normalized spacial score (nSPS) is 11.3. The van der Waals surface area contributed by atoms with Gasteiger partial charge in [-0.05, 0) is 17.7 Å². The molecule has 0 bridgehead atoms. The van der Waals surface area contributed by atoms with Crippen LogP contribution in [-0.2, 0) is 11.2 Å². The van der Waals surface area contributed by atoms with Crippen molar-refractivity contribution in [3.05, 3.63) is 34.3 Å². The third kappa shape index (κ3) is 3.22. The van der Waals surface area contributed by atoms with Gasteiger partial charge in [-0.2, -0.15) is 8.78 Å². The molecule has 0 saturated carbocycles. The van der Waals surface area contributed by atoms with Gasteiger partial charge in [-0.1, -0.05) is 28.1 Å². The topological polar surface area (TPSA) is 17.1 Å². The summed E-state index contributed by atoms with van der Waals surface area (Å²) in [5.74, 6) is -3.26. The van der Waals surface area contributed by atoms with Crippen molar-refractivity contribution in [2.75, 3.05) is 0 Å². The number of hydrogen-bond donors (Lipinski definition) is 0. The molecule has 0 radical (unpaired) electrons. The Bertz CT molecular complexity index is 312. The zero-order valence-corrected chi connectivity index (χ0v) is 8.22. The van der Waals surface area contributed by atoms with Crippen LogP contribution < -0.4 is 0 Å². The van der Waals surface area contributed by atoms with Crippen molar-refractivity contribution >= 4 is 22.2 Å². The quantitative estimate of drug-likeness (QED) is 0.753. The Hall–Kier alpha value is -0.770. The van der Waals surface area contributed by atoms with E-state index >= 15 is 0 Å². The summed E-state index contributed by atoms with van der Waals surface area (Å²) in [5, 5.41) is 0. The van der Waals surface area contributed by atoms with Crippen LogP contribution in [0.3, 0.4) is 0 Å². The Morgan fingerprint density at radius 3 is 2.69 bits per heavy atom. The molecular formula is C9H7BrF2O. The van der Waals surface area contributed by atoms with Crippen LogP contribution in [-0.4, -0.2) is 12.2 Å². The van der Waals surface area contributed by atoms with Crippen molar-refractivity contribution in [1.29, 1.82) is 0 Å². The van der Waals surface area contributed by atoms with E-state index in [1.54, 1.807) is 24.3 Å². The maximum absolute atomic E-state index is 12.6. The second-order valence-corrected chi connectivity index (χ2v) is 3.60. The second kappa shape index (κ2) is 3.96. The summed E-state index contributed by atoms with van der Waals surface area (Å²) < 4.78 is 25.9. The molecule has 1 rings (SSSR count). The highest BCUT2D eigenvalue weighted by atomic mass is 79.9. The van der Waals surface area contributed by atoms with Crippen LogP contribution in [0.15, 0.2) is 28.7 Å². The lowest BCUT2D eigenvalue weighted by molar-refractivity contribution is -0.128. The molecule has 4 heteroatoms. The van der Waals surface area contributed by atoms with Gasteiger partial charge >= 0.3 is 5.92 Å². The number of benzene rings is 1. The number of alkyl halides is 2. The van der Waals surface area contributed by atoms with E-state index < -0.39 is 12.3 Å². The Morgan fingerprint density at radius 1 is 1.46 bits per heavy atom. The molecule has 0 saturated heterocycles. The first-order valence-corrected chi connectivity index (χ1v) is 4.41. The molecule has 0 N–H and O–H groups in total. The molecule has 0 aliphatic heterocycles. The summed E-state index contributed by atoms with van der Waals surface area (Å²) in [6.45, 7) is 0. The predicted octanol–water partition coefficient (Wildman–Crippen LogP) is 2.83. The zero-order chi connectivity index (χ0) is 9.90. The van der Waals surface area contributed by atoms with Gasteiger partial charge in [-0.3, -0.25) is 4.79 Å². The lowest BCUT2D eigenvalue weighted by Crippen LogP contribution is -2.20. The van der Waals surface area contributed by atoms with Crippen LogP contribution in [0.1, 0.15) is 5.56 Å². The molecule has 0 amide bonds. The van der Waals surface area contributed by atoms with Gasteiger partial charge in [0.1, 0.15) is 0 Å². The van der Waals surface area contributed by atoms with Crippen LogP contribution in [0.5, 0.6) is 0 Å². The monoisotopic (exact) mass is 248 g/mol. The number of rotatable bonds is 3. The lowest BCUT2D eigenvalue weighted by atomic mass is 10.1. The maximum Gasteiger partial charge on any atom is 0.306 e. The molecule has 0 aromatic heterocycles. The van der Waals surface area contributed by atoms with Gasteiger partial charge < -0.3 is 0 Å². The molecule has 0 unspecified atom stereocenters. The number of carbonyl (C=O) groups excluding carboxylic acids is 1. The molecule has 0 aliphatic rings. The minimum absolute atomic E-state index is 0.325. The van der Waals surface area contributed by atoms with Crippen LogP contribution in [0.2, 0.25) is 0 Å². The summed E-state index contributed by atoms with van der Waals surface area (Å²) in [4.78, 5) is 9.95. The fraction of sp³-hybridized carbons (Fsp3) is 0.222. The van der Waals surface area contributed by atoms with E-state index in [-0.39, 0.29) is 6.29 Å². The average Bonchev–Trinajstić information content (AvgIpc) is 2.03. The van der Waals surface area contributed by atoms with Crippen molar-refractivity contribution < 1.29 is 13.6 Å². The molecule has 0 atom stereocenters. The molecule has 1 aromatic rings. The van der Waals surface area contributed by atoms with E-state index in [1.807, 2.05) is 0 Å².